The summed E-state index contributed by atoms with van der Waals surface area (Å²) in [4.78, 5) is 3.77. The van der Waals surface area contributed by atoms with Crippen LogP contribution in [0.2, 0.25) is 0 Å². The van der Waals surface area contributed by atoms with E-state index in [1.807, 2.05) is 0 Å². The van der Waals surface area contributed by atoms with Gasteiger partial charge in [-0.25, -0.2) is 0 Å². The molecular weight excluding hydrogens is 390 g/mol. The Bertz CT molecular complexity index is 1410. The van der Waals surface area contributed by atoms with Crippen molar-refractivity contribution in [2.75, 3.05) is 0 Å². The fourth-order valence-electron chi connectivity index (χ4n) is 5.41. The largest absolute Gasteiger partial charge is 0.357 e. The van der Waals surface area contributed by atoms with E-state index >= 15 is 0 Å². The van der Waals surface area contributed by atoms with Crippen LogP contribution in [-0.4, -0.2) is 9.55 Å². The molecule has 2 unspecified atom stereocenters. The van der Waals surface area contributed by atoms with Gasteiger partial charge in [0.05, 0.1) is 0 Å². The van der Waals surface area contributed by atoms with Gasteiger partial charge in [0, 0.05) is 52.8 Å². The third-order valence-electron chi connectivity index (χ3n) is 7.18. The van der Waals surface area contributed by atoms with Gasteiger partial charge in [0.25, 0.3) is 0 Å². The van der Waals surface area contributed by atoms with E-state index in [-0.39, 0.29) is 0 Å². The van der Waals surface area contributed by atoms with Crippen LogP contribution < -0.4 is 5.32 Å². The van der Waals surface area contributed by atoms with E-state index in [9.17, 15) is 0 Å². The van der Waals surface area contributed by atoms with E-state index in [0.29, 0.717) is 12.1 Å². The van der Waals surface area contributed by atoms with E-state index in [1.54, 1.807) is 0 Å². The lowest BCUT2D eigenvalue weighted by atomic mass is 9.90. The first kappa shape index (κ1) is 19.4. The minimum atomic E-state index is 0.326. The van der Waals surface area contributed by atoms with E-state index in [0.717, 1.165) is 6.42 Å². The molecular formula is C29H29N3. The van der Waals surface area contributed by atoms with Crippen molar-refractivity contribution in [3.8, 4) is 11.1 Å². The average molecular weight is 420 g/mol. The molecule has 32 heavy (non-hydrogen) atoms. The Kier molecular flexibility index (Phi) is 4.65. The molecule has 0 radical (unpaired) electrons. The van der Waals surface area contributed by atoms with Gasteiger partial charge in [-0.15, -0.1) is 0 Å². The minimum Gasteiger partial charge on any atom is -0.357 e. The third kappa shape index (κ3) is 3.25. The molecule has 2 heterocycles. The Hall–Kier alpha value is -3.30. The maximum atomic E-state index is 3.89. The predicted molar refractivity (Wildman–Crippen MR) is 134 cm³/mol. The molecule has 2 aromatic heterocycles. The zero-order valence-corrected chi connectivity index (χ0v) is 18.7. The standard InChI is InChI=1S/C29H29N3/c1-19(20-7-4-3-5-8-20)30-27-10-6-9-24-25-18-22(11-13-26(25)31-29(24)27)21-12-14-28-23(17-21)15-16-32(28)2/h3-5,7-8,11-19,27,30-31H,6,9-10H2,1-2H3. The number of benzene rings is 3. The molecule has 5 aromatic rings. The molecule has 0 amide bonds. The normalized spacial score (nSPS) is 17.0. The highest BCUT2D eigenvalue weighted by molar-refractivity contribution is 5.92. The van der Waals surface area contributed by atoms with Crippen molar-refractivity contribution in [3.05, 3.63) is 95.8 Å². The van der Waals surface area contributed by atoms with Gasteiger partial charge in [-0.05, 0) is 78.8 Å². The zero-order valence-electron chi connectivity index (χ0n) is 18.7. The van der Waals surface area contributed by atoms with Crippen molar-refractivity contribution in [1.29, 1.82) is 0 Å². The number of aromatic nitrogens is 2. The first-order chi connectivity index (χ1) is 15.7. The second-order valence-electron chi connectivity index (χ2n) is 9.22. The summed E-state index contributed by atoms with van der Waals surface area (Å²) in [5.74, 6) is 0. The summed E-state index contributed by atoms with van der Waals surface area (Å²) in [6, 6.07) is 27.3. The van der Waals surface area contributed by atoms with Crippen LogP contribution in [0, 0.1) is 0 Å². The molecule has 160 valence electrons. The number of H-pyrrole nitrogens is 1. The van der Waals surface area contributed by atoms with Crippen LogP contribution in [0.25, 0.3) is 32.9 Å². The maximum absolute atomic E-state index is 3.89. The number of hydrogen-bond donors (Lipinski definition) is 2. The van der Waals surface area contributed by atoms with E-state index in [1.165, 1.54) is 62.6 Å². The fourth-order valence-corrected chi connectivity index (χ4v) is 5.41. The smallest absolute Gasteiger partial charge is 0.0480 e. The number of hydrogen-bond acceptors (Lipinski definition) is 1. The highest BCUT2D eigenvalue weighted by Gasteiger charge is 2.25. The molecule has 0 saturated carbocycles. The summed E-state index contributed by atoms with van der Waals surface area (Å²) >= 11 is 0. The van der Waals surface area contributed by atoms with E-state index in [2.05, 4.69) is 108 Å². The van der Waals surface area contributed by atoms with Crippen LogP contribution in [-0.2, 0) is 13.5 Å². The summed E-state index contributed by atoms with van der Waals surface area (Å²) < 4.78 is 2.18. The van der Waals surface area contributed by atoms with Gasteiger partial charge in [-0.1, -0.05) is 42.5 Å². The third-order valence-corrected chi connectivity index (χ3v) is 7.18. The summed E-state index contributed by atoms with van der Waals surface area (Å²) in [6.07, 6.45) is 5.67. The van der Waals surface area contributed by atoms with Crippen LogP contribution >= 0.6 is 0 Å². The molecule has 2 N–H and O–H groups in total. The lowest BCUT2D eigenvalue weighted by Gasteiger charge is -2.27. The molecule has 3 nitrogen and oxygen atoms in total. The van der Waals surface area contributed by atoms with Crippen LogP contribution in [0.5, 0.6) is 0 Å². The number of rotatable bonds is 4. The molecule has 1 aliphatic rings. The highest BCUT2D eigenvalue weighted by atomic mass is 15.0. The number of aromatic amines is 1. The van der Waals surface area contributed by atoms with Gasteiger partial charge in [0.1, 0.15) is 0 Å². The van der Waals surface area contributed by atoms with Crippen molar-refractivity contribution >= 4 is 21.8 Å². The van der Waals surface area contributed by atoms with Crippen molar-refractivity contribution in [2.45, 2.75) is 38.3 Å². The lowest BCUT2D eigenvalue weighted by molar-refractivity contribution is 0.410. The Labute approximate surface area is 189 Å². The predicted octanol–water partition coefficient (Wildman–Crippen LogP) is 7.05. The Morgan fingerprint density at radius 2 is 1.78 bits per heavy atom. The number of nitrogens with one attached hydrogen (secondary N) is 2. The molecule has 0 aliphatic heterocycles. The topological polar surface area (TPSA) is 32.8 Å². The van der Waals surface area contributed by atoms with Crippen molar-refractivity contribution < 1.29 is 0 Å². The Balaban J connectivity index is 1.36. The van der Waals surface area contributed by atoms with Crippen molar-refractivity contribution in [3.63, 3.8) is 0 Å². The first-order valence-electron chi connectivity index (χ1n) is 11.7. The number of aryl methyl sites for hydroxylation is 2. The number of nitrogens with zero attached hydrogens (tertiary/aromatic N) is 1. The van der Waals surface area contributed by atoms with E-state index in [4.69, 9.17) is 0 Å². The lowest BCUT2D eigenvalue weighted by Crippen LogP contribution is -2.27. The molecule has 3 aromatic carbocycles. The van der Waals surface area contributed by atoms with Crippen molar-refractivity contribution in [2.24, 2.45) is 7.05 Å². The van der Waals surface area contributed by atoms with Crippen LogP contribution in [0.1, 0.15) is 48.7 Å². The van der Waals surface area contributed by atoms with Crippen LogP contribution in [0.15, 0.2) is 79.0 Å². The van der Waals surface area contributed by atoms with Crippen molar-refractivity contribution in [1.82, 2.24) is 14.9 Å². The average Bonchev–Trinajstić information content (AvgIpc) is 3.40. The minimum absolute atomic E-state index is 0.326. The summed E-state index contributed by atoms with van der Waals surface area (Å²) in [5.41, 5.74) is 9.31. The zero-order chi connectivity index (χ0) is 21.7. The second-order valence-corrected chi connectivity index (χ2v) is 9.22. The van der Waals surface area contributed by atoms with Gasteiger partial charge in [0.15, 0.2) is 0 Å². The monoisotopic (exact) mass is 419 g/mol. The molecule has 3 heteroatoms. The van der Waals surface area contributed by atoms with Crippen LogP contribution in [0.4, 0.5) is 0 Å². The maximum Gasteiger partial charge on any atom is 0.0480 e. The SMILES string of the molecule is CC(NC1CCCc2c1[nH]c1ccc(-c3ccc4c(ccn4C)c3)cc21)c1ccccc1. The summed E-state index contributed by atoms with van der Waals surface area (Å²) in [6.45, 7) is 2.27. The molecule has 1 aliphatic carbocycles. The fraction of sp³-hybridized carbons (Fsp3) is 0.241. The number of fused-ring (bicyclic) bond motifs is 4. The Morgan fingerprint density at radius 3 is 2.66 bits per heavy atom. The van der Waals surface area contributed by atoms with Gasteiger partial charge in [0.2, 0.25) is 0 Å². The Morgan fingerprint density at radius 1 is 0.969 bits per heavy atom. The molecule has 2 atom stereocenters. The first-order valence-corrected chi connectivity index (χ1v) is 11.7. The van der Waals surface area contributed by atoms with Gasteiger partial charge >= 0.3 is 0 Å². The van der Waals surface area contributed by atoms with Gasteiger partial charge < -0.3 is 14.9 Å². The highest BCUT2D eigenvalue weighted by Crippen LogP contribution is 2.38. The molecule has 0 fully saturated rings. The van der Waals surface area contributed by atoms with Gasteiger partial charge in [-0.3, -0.25) is 0 Å². The second kappa shape index (κ2) is 7.68. The molecule has 0 bridgehead atoms. The molecule has 6 rings (SSSR count). The quantitative estimate of drug-likeness (QED) is 0.321. The van der Waals surface area contributed by atoms with E-state index < -0.39 is 0 Å². The van der Waals surface area contributed by atoms with Gasteiger partial charge in [-0.2, -0.15) is 0 Å². The summed E-state index contributed by atoms with van der Waals surface area (Å²) in [7, 11) is 2.10. The molecule has 0 saturated heterocycles. The molecule has 0 spiro atoms. The summed E-state index contributed by atoms with van der Waals surface area (Å²) in [5, 5.41) is 6.56. The van der Waals surface area contributed by atoms with Crippen LogP contribution in [0.3, 0.4) is 0 Å².